The zero-order valence-corrected chi connectivity index (χ0v) is 25.1. The summed E-state index contributed by atoms with van der Waals surface area (Å²) in [6.07, 6.45) is 23.7. The van der Waals surface area contributed by atoms with Gasteiger partial charge in [0.25, 0.3) is 20.0 Å². The standard InChI is InChI=1S/C27H45N3O4S3/c1-4-6-7-8-9-10-11-12-13-14-15-16-17-18-19-20-21-29-36(31,32)26-22-24-25(28-5-2)23-30(3)37(33,34)27(24)35-26/h9-10,12-13,21-22,25,28H,4-8,11,14-20,23H2,1-3H3/b10-9+,13-12+,29-21+/t25-/m0/s1. The van der Waals surface area contributed by atoms with E-state index in [1.54, 1.807) is 0 Å². The van der Waals surface area contributed by atoms with Crippen molar-refractivity contribution >= 4 is 37.6 Å². The van der Waals surface area contributed by atoms with Crippen molar-refractivity contribution in [2.24, 2.45) is 4.40 Å². The number of unbranched alkanes of at least 4 members (excludes halogenated alkanes) is 9. The van der Waals surface area contributed by atoms with Gasteiger partial charge in [-0.1, -0.05) is 70.3 Å². The van der Waals surface area contributed by atoms with Crippen LogP contribution < -0.4 is 5.32 Å². The molecule has 0 spiro atoms. The van der Waals surface area contributed by atoms with Crippen LogP contribution in [0.25, 0.3) is 0 Å². The minimum Gasteiger partial charge on any atom is -0.309 e. The van der Waals surface area contributed by atoms with E-state index < -0.39 is 20.0 Å². The molecule has 1 aliphatic rings. The topological polar surface area (TPSA) is 95.9 Å². The Morgan fingerprint density at radius 2 is 1.62 bits per heavy atom. The second-order valence-corrected chi connectivity index (χ2v) is 14.6. The number of fused-ring (bicyclic) bond motifs is 1. The molecule has 1 N–H and O–H groups in total. The molecule has 0 aliphatic carbocycles. The van der Waals surface area contributed by atoms with E-state index in [0.717, 1.165) is 43.4 Å². The second kappa shape index (κ2) is 16.6. The molecule has 1 atom stereocenters. The maximum atomic E-state index is 12.7. The molecule has 210 valence electrons. The summed E-state index contributed by atoms with van der Waals surface area (Å²) in [5.41, 5.74) is 0.521. The van der Waals surface area contributed by atoms with E-state index in [9.17, 15) is 16.8 Å². The van der Waals surface area contributed by atoms with Gasteiger partial charge in [-0.05, 0) is 57.6 Å². The Kier molecular flexibility index (Phi) is 14.3. The van der Waals surface area contributed by atoms with Gasteiger partial charge in [0.15, 0.2) is 0 Å². The Balaban J connectivity index is 1.69. The maximum Gasteiger partial charge on any atom is 0.291 e. The minimum atomic E-state index is -3.92. The largest absolute Gasteiger partial charge is 0.309 e. The van der Waals surface area contributed by atoms with Gasteiger partial charge in [-0.3, -0.25) is 0 Å². The number of hydrogen-bond donors (Lipinski definition) is 1. The Hall–Kier alpha value is -1.33. The van der Waals surface area contributed by atoms with Crippen molar-refractivity contribution in [3.63, 3.8) is 0 Å². The molecule has 0 fully saturated rings. The van der Waals surface area contributed by atoms with Gasteiger partial charge in [0.2, 0.25) is 0 Å². The van der Waals surface area contributed by atoms with Crippen molar-refractivity contribution in [2.75, 3.05) is 20.1 Å². The first-order chi connectivity index (χ1) is 17.7. The summed E-state index contributed by atoms with van der Waals surface area (Å²) < 4.78 is 56.0. The number of allylic oxidation sites excluding steroid dienone is 4. The SMILES string of the molecule is CCCCC/C=C/C/C=C/CCCCCCC/C=N/S(=O)(=O)c1cc2c(s1)S(=O)(=O)N(C)C[C@@H]2NCC. The van der Waals surface area contributed by atoms with E-state index in [2.05, 4.69) is 40.9 Å². The summed E-state index contributed by atoms with van der Waals surface area (Å²) in [5.74, 6) is 0. The van der Waals surface area contributed by atoms with Crippen LogP contribution in [0.2, 0.25) is 0 Å². The predicted octanol–water partition coefficient (Wildman–Crippen LogP) is 6.61. The van der Waals surface area contributed by atoms with Crippen molar-refractivity contribution in [1.29, 1.82) is 0 Å². The van der Waals surface area contributed by atoms with Crippen LogP contribution in [-0.4, -0.2) is 47.5 Å². The molecule has 1 aromatic rings. The normalized spacial score (nSPS) is 18.4. The molecule has 0 amide bonds. The van der Waals surface area contributed by atoms with E-state index >= 15 is 0 Å². The molecule has 10 heteroatoms. The van der Waals surface area contributed by atoms with Gasteiger partial charge in [-0.25, -0.2) is 8.42 Å². The highest BCUT2D eigenvalue weighted by Gasteiger charge is 2.38. The van der Waals surface area contributed by atoms with Crippen molar-refractivity contribution in [1.82, 2.24) is 9.62 Å². The molecule has 2 rings (SSSR count). The van der Waals surface area contributed by atoms with Crippen LogP contribution in [0.3, 0.4) is 0 Å². The average Bonchev–Trinajstić information content (AvgIpc) is 3.33. The van der Waals surface area contributed by atoms with E-state index in [1.807, 2.05) is 6.92 Å². The summed E-state index contributed by atoms with van der Waals surface area (Å²) in [4.78, 5) is 0. The molecule has 0 saturated carbocycles. The van der Waals surface area contributed by atoms with Crippen LogP contribution in [0.15, 0.2) is 43.2 Å². The lowest BCUT2D eigenvalue weighted by molar-refractivity contribution is 0.385. The van der Waals surface area contributed by atoms with E-state index in [1.165, 1.54) is 62.2 Å². The van der Waals surface area contributed by atoms with Crippen molar-refractivity contribution in [2.45, 2.75) is 105 Å². The average molecular weight is 572 g/mol. The number of likely N-dealkylation sites (N-methyl/N-ethyl adjacent to an activating group) is 2. The van der Waals surface area contributed by atoms with Gasteiger partial charge in [0.1, 0.15) is 8.42 Å². The summed E-state index contributed by atoms with van der Waals surface area (Å²) in [7, 11) is -6.08. The van der Waals surface area contributed by atoms with Crippen LogP contribution in [0.1, 0.15) is 103 Å². The maximum absolute atomic E-state index is 12.7. The quantitative estimate of drug-likeness (QED) is 0.122. The minimum absolute atomic E-state index is 0.0180. The highest BCUT2D eigenvalue weighted by molar-refractivity contribution is 7.94. The molecule has 0 bridgehead atoms. The molecule has 7 nitrogen and oxygen atoms in total. The van der Waals surface area contributed by atoms with Gasteiger partial charge in [0, 0.05) is 31.4 Å². The summed E-state index contributed by atoms with van der Waals surface area (Å²) in [6.45, 7) is 5.09. The highest BCUT2D eigenvalue weighted by atomic mass is 32.3. The van der Waals surface area contributed by atoms with E-state index in [0.29, 0.717) is 18.5 Å². The summed E-state index contributed by atoms with van der Waals surface area (Å²) in [5, 5.41) is 3.24. The lowest BCUT2D eigenvalue weighted by Gasteiger charge is -2.29. The molecule has 0 radical (unpaired) electrons. The third kappa shape index (κ3) is 10.4. The van der Waals surface area contributed by atoms with Crippen LogP contribution in [0.4, 0.5) is 0 Å². The number of nitrogens with one attached hydrogen (secondary N) is 1. The fraction of sp³-hybridized carbons (Fsp3) is 0.667. The number of sulfonamides is 2. The molecule has 2 heterocycles. The zero-order chi connectivity index (χ0) is 27.2. The first kappa shape index (κ1) is 31.9. The van der Waals surface area contributed by atoms with Gasteiger partial charge in [0.05, 0.1) is 0 Å². The predicted molar refractivity (Wildman–Crippen MR) is 156 cm³/mol. The molecule has 1 aromatic heterocycles. The van der Waals surface area contributed by atoms with Gasteiger partial charge in [-0.2, -0.15) is 17.1 Å². The number of thiophene rings is 1. The highest BCUT2D eigenvalue weighted by Crippen LogP contribution is 2.40. The first-order valence-electron chi connectivity index (χ1n) is 13.7. The summed E-state index contributed by atoms with van der Waals surface area (Å²) in [6, 6.07) is 1.24. The number of nitrogens with zero attached hydrogens (tertiary/aromatic N) is 2. The van der Waals surface area contributed by atoms with Crippen LogP contribution in [0, 0.1) is 0 Å². The Morgan fingerprint density at radius 3 is 2.27 bits per heavy atom. The smallest absolute Gasteiger partial charge is 0.291 e. The van der Waals surface area contributed by atoms with E-state index in [4.69, 9.17) is 0 Å². The Labute approximate surface area is 229 Å². The van der Waals surface area contributed by atoms with Gasteiger partial charge in [-0.15, -0.1) is 11.3 Å². The van der Waals surface area contributed by atoms with Crippen LogP contribution in [-0.2, 0) is 20.0 Å². The fourth-order valence-corrected chi connectivity index (χ4v) is 8.73. The lowest BCUT2D eigenvalue weighted by Crippen LogP contribution is -2.40. The fourth-order valence-electron chi connectivity index (χ4n) is 4.20. The van der Waals surface area contributed by atoms with Crippen molar-refractivity contribution < 1.29 is 16.8 Å². The Bertz CT molecular complexity index is 1110. The van der Waals surface area contributed by atoms with Crippen molar-refractivity contribution in [3.8, 4) is 0 Å². The number of hydrogen-bond acceptors (Lipinski definition) is 6. The Morgan fingerprint density at radius 1 is 1.00 bits per heavy atom. The number of rotatable bonds is 18. The van der Waals surface area contributed by atoms with Crippen LogP contribution in [0.5, 0.6) is 0 Å². The first-order valence-corrected chi connectivity index (χ1v) is 17.4. The van der Waals surface area contributed by atoms with Crippen LogP contribution >= 0.6 is 11.3 Å². The molecule has 1 aliphatic heterocycles. The molecular formula is C27H45N3O4S3. The third-order valence-electron chi connectivity index (χ3n) is 6.36. The monoisotopic (exact) mass is 571 g/mol. The molecule has 0 saturated heterocycles. The molecule has 37 heavy (non-hydrogen) atoms. The zero-order valence-electron chi connectivity index (χ0n) is 22.7. The van der Waals surface area contributed by atoms with Gasteiger partial charge >= 0.3 is 0 Å². The summed E-state index contributed by atoms with van der Waals surface area (Å²) >= 11 is 0.791. The van der Waals surface area contributed by atoms with Crippen molar-refractivity contribution in [3.05, 3.63) is 35.9 Å². The molecule has 0 aromatic carbocycles. The molecule has 0 unspecified atom stereocenters. The molecular weight excluding hydrogens is 527 g/mol. The third-order valence-corrected chi connectivity index (χ3v) is 11.6. The van der Waals surface area contributed by atoms with E-state index in [-0.39, 0.29) is 21.0 Å². The van der Waals surface area contributed by atoms with Gasteiger partial charge < -0.3 is 5.32 Å². The lowest BCUT2D eigenvalue weighted by atomic mass is 10.1. The second-order valence-electron chi connectivity index (χ2n) is 9.49.